The van der Waals surface area contributed by atoms with Crippen LogP contribution in [-0.4, -0.2) is 5.97 Å². The fraction of sp³-hybridized carbons (Fsp3) is 0.533. The molecule has 0 aromatic heterocycles. The number of hydrogen-bond acceptors (Lipinski definition) is 2. The number of carbonyl (C=O) groups excluding carboxylic acids is 1. The van der Waals surface area contributed by atoms with Crippen molar-refractivity contribution in [3.8, 4) is 0 Å². The van der Waals surface area contributed by atoms with E-state index in [4.69, 9.17) is 4.74 Å². The average Bonchev–Trinajstić information content (AvgIpc) is 2.90. The number of esters is 1. The van der Waals surface area contributed by atoms with Crippen LogP contribution >= 0.6 is 0 Å². The quantitative estimate of drug-likeness (QED) is 0.727. The van der Waals surface area contributed by atoms with Gasteiger partial charge in [0.05, 0.1) is 0 Å². The van der Waals surface area contributed by atoms with E-state index < -0.39 is 0 Å². The van der Waals surface area contributed by atoms with Crippen LogP contribution in [0.15, 0.2) is 30.3 Å². The predicted molar refractivity (Wildman–Crippen MR) is 65.3 cm³/mol. The Labute approximate surface area is 102 Å². The number of cyclic esters (lactones) is 1. The van der Waals surface area contributed by atoms with Crippen LogP contribution in [0.4, 0.5) is 0 Å². The molecule has 3 rings (SSSR count). The molecule has 1 aliphatic carbocycles. The van der Waals surface area contributed by atoms with Gasteiger partial charge >= 0.3 is 5.97 Å². The highest BCUT2D eigenvalue weighted by molar-refractivity contribution is 5.83. The van der Waals surface area contributed by atoms with Crippen molar-refractivity contribution in [2.24, 2.45) is 11.3 Å². The molecule has 1 saturated heterocycles. The van der Waals surface area contributed by atoms with Crippen LogP contribution in [-0.2, 0) is 9.53 Å². The molecule has 0 unspecified atom stereocenters. The van der Waals surface area contributed by atoms with Crippen LogP contribution in [0.5, 0.6) is 0 Å². The minimum Gasteiger partial charge on any atom is -0.456 e. The summed E-state index contributed by atoms with van der Waals surface area (Å²) in [5.41, 5.74) is 0.860. The zero-order valence-electron chi connectivity index (χ0n) is 10.2. The van der Waals surface area contributed by atoms with Gasteiger partial charge in [0, 0.05) is 0 Å². The normalized spacial score (nSPS) is 33.2. The van der Waals surface area contributed by atoms with Gasteiger partial charge in [-0.1, -0.05) is 43.2 Å². The molecule has 0 spiro atoms. The monoisotopic (exact) mass is 230 g/mol. The Kier molecular flexibility index (Phi) is 2.46. The number of ether oxygens (including phenoxy) is 1. The minimum absolute atomic E-state index is 0.00162. The van der Waals surface area contributed by atoms with E-state index in [0.717, 1.165) is 5.56 Å². The summed E-state index contributed by atoms with van der Waals surface area (Å²) in [6.07, 6.45) is 4.84. The van der Waals surface area contributed by atoms with E-state index in [1.54, 1.807) is 0 Å². The molecule has 2 heteroatoms. The maximum atomic E-state index is 11.9. The summed E-state index contributed by atoms with van der Waals surface area (Å²) in [6, 6.07) is 10.1. The van der Waals surface area contributed by atoms with Crippen molar-refractivity contribution in [1.29, 1.82) is 0 Å². The van der Waals surface area contributed by atoms with Gasteiger partial charge in [0.25, 0.3) is 0 Å². The lowest BCUT2D eigenvalue weighted by Gasteiger charge is -2.48. The Hall–Kier alpha value is -1.31. The van der Waals surface area contributed by atoms with E-state index in [0.29, 0.717) is 5.92 Å². The molecule has 1 aromatic carbocycles. The topological polar surface area (TPSA) is 26.3 Å². The summed E-state index contributed by atoms with van der Waals surface area (Å²) in [7, 11) is 0. The molecule has 1 heterocycles. The fourth-order valence-electron chi connectivity index (χ4n) is 3.35. The van der Waals surface area contributed by atoms with Gasteiger partial charge in [-0.15, -0.1) is 0 Å². The third kappa shape index (κ3) is 1.50. The van der Waals surface area contributed by atoms with Gasteiger partial charge in [0.1, 0.15) is 11.5 Å². The molecule has 0 bridgehead atoms. The van der Waals surface area contributed by atoms with Crippen molar-refractivity contribution in [3.63, 3.8) is 0 Å². The van der Waals surface area contributed by atoms with Gasteiger partial charge in [-0.2, -0.15) is 0 Å². The van der Waals surface area contributed by atoms with Gasteiger partial charge in [0.2, 0.25) is 0 Å². The van der Waals surface area contributed by atoms with Gasteiger partial charge in [-0.05, 0) is 31.2 Å². The molecule has 0 N–H and O–H groups in total. The van der Waals surface area contributed by atoms with Crippen LogP contribution in [0.2, 0.25) is 0 Å². The molecule has 0 radical (unpaired) electrons. The zero-order valence-corrected chi connectivity index (χ0v) is 10.2. The van der Waals surface area contributed by atoms with E-state index in [1.807, 2.05) is 18.2 Å². The summed E-state index contributed by atoms with van der Waals surface area (Å²) in [6.45, 7) is 2.09. The Morgan fingerprint density at radius 3 is 2.41 bits per heavy atom. The maximum Gasteiger partial charge on any atom is 0.316 e. The second kappa shape index (κ2) is 3.86. The SMILES string of the molecule is C[C@@]1(C2CCCC2)C(=O)O[C@@H]1c1ccccc1. The van der Waals surface area contributed by atoms with Crippen LogP contribution in [0, 0.1) is 11.3 Å². The van der Waals surface area contributed by atoms with E-state index in [9.17, 15) is 4.79 Å². The smallest absolute Gasteiger partial charge is 0.316 e. The molecule has 1 aromatic rings. The van der Waals surface area contributed by atoms with Gasteiger partial charge < -0.3 is 4.74 Å². The van der Waals surface area contributed by atoms with Crippen LogP contribution < -0.4 is 0 Å². The van der Waals surface area contributed by atoms with Crippen molar-refractivity contribution in [3.05, 3.63) is 35.9 Å². The summed E-state index contributed by atoms with van der Waals surface area (Å²) in [5, 5.41) is 0. The largest absolute Gasteiger partial charge is 0.456 e. The Morgan fingerprint density at radius 2 is 1.82 bits per heavy atom. The fourth-order valence-corrected chi connectivity index (χ4v) is 3.35. The van der Waals surface area contributed by atoms with Crippen molar-refractivity contribution in [2.75, 3.05) is 0 Å². The van der Waals surface area contributed by atoms with Gasteiger partial charge in [0.15, 0.2) is 0 Å². The number of carbonyl (C=O) groups is 1. The molecule has 90 valence electrons. The predicted octanol–water partition coefficient (Wildman–Crippen LogP) is 3.48. The average molecular weight is 230 g/mol. The highest BCUT2D eigenvalue weighted by Crippen LogP contribution is 2.56. The molecule has 1 saturated carbocycles. The summed E-state index contributed by atoms with van der Waals surface area (Å²) >= 11 is 0. The van der Waals surface area contributed by atoms with Crippen LogP contribution in [0.1, 0.15) is 44.3 Å². The lowest BCUT2D eigenvalue weighted by molar-refractivity contribution is -0.215. The third-order valence-electron chi connectivity index (χ3n) is 4.51. The second-order valence-corrected chi connectivity index (χ2v) is 5.46. The third-order valence-corrected chi connectivity index (χ3v) is 4.51. The minimum atomic E-state index is -0.280. The lowest BCUT2D eigenvalue weighted by atomic mass is 9.66. The van der Waals surface area contributed by atoms with Gasteiger partial charge in [-0.25, -0.2) is 0 Å². The van der Waals surface area contributed by atoms with Gasteiger partial charge in [-0.3, -0.25) is 4.79 Å². The van der Waals surface area contributed by atoms with Crippen LogP contribution in [0.3, 0.4) is 0 Å². The first-order valence-electron chi connectivity index (χ1n) is 6.49. The van der Waals surface area contributed by atoms with E-state index >= 15 is 0 Å². The summed E-state index contributed by atoms with van der Waals surface area (Å²) in [4.78, 5) is 11.9. The number of rotatable bonds is 2. The van der Waals surface area contributed by atoms with Crippen molar-refractivity contribution >= 4 is 5.97 Å². The number of benzene rings is 1. The first kappa shape index (κ1) is 10.8. The lowest BCUT2D eigenvalue weighted by Crippen LogP contribution is -2.52. The highest BCUT2D eigenvalue weighted by atomic mass is 16.6. The Bertz CT molecular complexity index is 420. The summed E-state index contributed by atoms with van der Waals surface area (Å²) in [5.74, 6) is 0.507. The molecule has 17 heavy (non-hydrogen) atoms. The first-order chi connectivity index (χ1) is 8.23. The standard InChI is InChI=1S/C15H18O2/c1-15(12-9-5-6-10-12)13(17-14(15)16)11-7-3-2-4-8-11/h2-4,7-8,12-13H,5-6,9-10H2,1H3/t13-,15+/m1/s1. The second-order valence-electron chi connectivity index (χ2n) is 5.46. The maximum absolute atomic E-state index is 11.9. The molecule has 0 amide bonds. The van der Waals surface area contributed by atoms with E-state index in [-0.39, 0.29) is 17.5 Å². The van der Waals surface area contributed by atoms with Crippen LogP contribution in [0.25, 0.3) is 0 Å². The molecule has 2 nitrogen and oxygen atoms in total. The molecular formula is C15H18O2. The first-order valence-corrected chi connectivity index (χ1v) is 6.49. The molecule has 2 atom stereocenters. The van der Waals surface area contributed by atoms with Crippen molar-refractivity contribution < 1.29 is 9.53 Å². The number of hydrogen-bond donors (Lipinski definition) is 0. The van der Waals surface area contributed by atoms with E-state index in [2.05, 4.69) is 19.1 Å². The zero-order chi connectivity index (χ0) is 11.9. The molecule has 1 aliphatic heterocycles. The van der Waals surface area contributed by atoms with Crippen molar-refractivity contribution in [1.82, 2.24) is 0 Å². The molecular weight excluding hydrogens is 212 g/mol. The van der Waals surface area contributed by atoms with Crippen molar-refractivity contribution in [2.45, 2.75) is 38.7 Å². The molecule has 2 aliphatic rings. The Morgan fingerprint density at radius 1 is 1.18 bits per heavy atom. The Balaban J connectivity index is 1.89. The summed E-state index contributed by atoms with van der Waals surface area (Å²) < 4.78 is 5.41. The highest BCUT2D eigenvalue weighted by Gasteiger charge is 2.59. The van der Waals surface area contributed by atoms with E-state index in [1.165, 1.54) is 25.7 Å². The molecule has 2 fully saturated rings.